The number of benzene rings is 1. The molecule has 34 heavy (non-hydrogen) atoms. The quantitative estimate of drug-likeness (QED) is 0.243. The molecule has 172 valence electrons. The van der Waals surface area contributed by atoms with Gasteiger partial charge in [0.2, 0.25) is 11.9 Å². The number of nitrogens with zero attached hydrogens (tertiary/aromatic N) is 4. The Kier molecular flexibility index (Phi) is 6.17. The Hall–Kier alpha value is -4.80. The molecule has 3 aromatic heterocycles. The number of H-pyrrole nitrogens is 1. The highest BCUT2D eigenvalue weighted by atomic mass is 16.6. The van der Waals surface area contributed by atoms with E-state index in [2.05, 4.69) is 20.4 Å². The highest BCUT2D eigenvalue weighted by molar-refractivity contribution is 6.01. The first kappa shape index (κ1) is 22.4. The van der Waals surface area contributed by atoms with Crippen LogP contribution in [0.5, 0.6) is 0 Å². The maximum absolute atomic E-state index is 12.6. The Morgan fingerprint density at radius 2 is 2.06 bits per heavy atom. The summed E-state index contributed by atoms with van der Waals surface area (Å²) in [7, 11) is 0. The van der Waals surface area contributed by atoms with Gasteiger partial charge in [0.15, 0.2) is 5.76 Å². The number of aromatic nitrogens is 4. The van der Waals surface area contributed by atoms with Crippen LogP contribution in [0.1, 0.15) is 23.7 Å². The number of aryl methyl sites for hydroxylation is 1. The molecular weight excluding hydrogens is 440 g/mol. The van der Waals surface area contributed by atoms with Gasteiger partial charge in [-0.15, -0.1) is 0 Å². The van der Waals surface area contributed by atoms with Crippen molar-refractivity contribution in [3.05, 3.63) is 92.1 Å². The predicted octanol–water partition coefficient (Wildman–Crippen LogP) is 3.65. The minimum atomic E-state index is -0.495. The number of hydrogen-bond donors (Lipinski definition) is 2. The van der Waals surface area contributed by atoms with E-state index in [1.54, 1.807) is 25.1 Å². The molecule has 2 N–H and O–H groups in total. The lowest BCUT2D eigenvalue weighted by Gasteiger charge is -2.09. The smallest absolute Gasteiger partial charge is 0.269 e. The van der Waals surface area contributed by atoms with Crippen molar-refractivity contribution in [2.75, 3.05) is 5.32 Å². The Morgan fingerprint density at radius 3 is 2.68 bits per heavy atom. The van der Waals surface area contributed by atoms with Crippen LogP contribution in [-0.2, 0) is 11.2 Å². The number of nitro benzene ring substituents is 1. The van der Waals surface area contributed by atoms with Gasteiger partial charge < -0.3 is 9.73 Å². The summed E-state index contributed by atoms with van der Waals surface area (Å²) >= 11 is 0. The zero-order valence-corrected chi connectivity index (χ0v) is 18.3. The third kappa shape index (κ3) is 4.67. The Bertz CT molecular complexity index is 1430. The molecule has 0 aliphatic rings. The first-order valence-electron chi connectivity index (χ1n) is 10.3. The van der Waals surface area contributed by atoms with Gasteiger partial charge in [-0.05, 0) is 49.2 Å². The zero-order valence-electron chi connectivity index (χ0n) is 18.3. The number of nitro groups is 1. The SMILES string of the molecule is CCc1c(C)nc(-n2nc(-c3ccco3)cc2NC(=O)/C=C\c2ccc([N+](=O)[O-])cc2)[nH]c1=O. The monoisotopic (exact) mass is 460 g/mol. The second-order valence-corrected chi connectivity index (χ2v) is 7.28. The lowest BCUT2D eigenvalue weighted by atomic mass is 10.2. The maximum atomic E-state index is 12.6. The topological polar surface area (TPSA) is 149 Å². The molecule has 4 rings (SSSR count). The second kappa shape index (κ2) is 9.36. The van der Waals surface area contributed by atoms with Crippen molar-refractivity contribution in [1.29, 1.82) is 0 Å². The number of anilines is 1. The van der Waals surface area contributed by atoms with Crippen molar-refractivity contribution in [1.82, 2.24) is 19.7 Å². The highest BCUT2D eigenvalue weighted by Crippen LogP contribution is 2.24. The molecule has 0 saturated carbocycles. The second-order valence-electron chi connectivity index (χ2n) is 7.28. The minimum absolute atomic E-state index is 0.0400. The number of non-ortho nitro benzene ring substituents is 1. The van der Waals surface area contributed by atoms with Crippen LogP contribution in [0.2, 0.25) is 0 Å². The van der Waals surface area contributed by atoms with Crippen molar-refractivity contribution >= 4 is 23.5 Å². The molecule has 0 bridgehead atoms. The molecule has 1 amide bonds. The van der Waals surface area contributed by atoms with Gasteiger partial charge in [-0.25, -0.2) is 4.98 Å². The van der Waals surface area contributed by atoms with Crippen molar-refractivity contribution in [2.24, 2.45) is 0 Å². The summed E-state index contributed by atoms with van der Waals surface area (Å²) in [6.07, 6.45) is 4.84. The fourth-order valence-electron chi connectivity index (χ4n) is 3.34. The van der Waals surface area contributed by atoms with Crippen LogP contribution in [0.25, 0.3) is 23.5 Å². The number of furan rings is 1. The molecule has 0 saturated heterocycles. The van der Waals surface area contributed by atoms with Gasteiger partial charge in [-0.3, -0.25) is 24.7 Å². The summed E-state index contributed by atoms with van der Waals surface area (Å²) in [6.45, 7) is 3.60. The zero-order chi connectivity index (χ0) is 24.2. The number of nitrogens with one attached hydrogen (secondary N) is 2. The lowest BCUT2D eigenvalue weighted by molar-refractivity contribution is -0.384. The van der Waals surface area contributed by atoms with E-state index in [0.29, 0.717) is 34.7 Å². The number of amides is 1. The van der Waals surface area contributed by atoms with Gasteiger partial charge in [0, 0.05) is 35.5 Å². The minimum Gasteiger partial charge on any atom is -0.463 e. The fourth-order valence-corrected chi connectivity index (χ4v) is 3.34. The molecule has 0 aliphatic carbocycles. The molecule has 4 aromatic rings. The normalized spacial score (nSPS) is 11.1. The van der Waals surface area contributed by atoms with Gasteiger partial charge in [-0.2, -0.15) is 9.78 Å². The number of carbonyl (C=O) groups excluding carboxylic acids is 1. The standard InChI is InChI=1S/C23H20N6O5/c1-3-17-14(2)24-23(26-22(17)31)28-20(13-18(27-28)19-5-4-12-34-19)25-21(30)11-8-15-6-9-16(10-7-15)29(32)33/h4-13H,3H2,1-2H3,(H,25,30)(H,24,26,31)/b11-8-. The van der Waals surface area contributed by atoms with E-state index >= 15 is 0 Å². The van der Waals surface area contributed by atoms with Gasteiger partial charge in [-0.1, -0.05) is 6.92 Å². The van der Waals surface area contributed by atoms with E-state index in [9.17, 15) is 19.7 Å². The Morgan fingerprint density at radius 1 is 1.29 bits per heavy atom. The molecule has 0 spiro atoms. The van der Waals surface area contributed by atoms with E-state index < -0.39 is 10.8 Å². The maximum Gasteiger partial charge on any atom is 0.269 e. The molecule has 3 heterocycles. The number of hydrogen-bond acceptors (Lipinski definition) is 7. The van der Waals surface area contributed by atoms with E-state index in [1.807, 2.05) is 6.92 Å². The van der Waals surface area contributed by atoms with Crippen molar-refractivity contribution in [3.8, 4) is 17.4 Å². The van der Waals surface area contributed by atoms with E-state index in [1.165, 1.54) is 47.4 Å². The number of rotatable bonds is 7. The Labute approximate surface area is 192 Å². The van der Waals surface area contributed by atoms with E-state index in [4.69, 9.17) is 4.42 Å². The summed E-state index contributed by atoms with van der Waals surface area (Å²) in [5, 5.41) is 17.9. The third-order valence-electron chi connectivity index (χ3n) is 5.03. The molecule has 0 radical (unpaired) electrons. The van der Waals surface area contributed by atoms with Crippen molar-refractivity contribution < 1.29 is 14.1 Å². The highest BCUT2D eigenvalue weighted by Gasteiger charge is 2.17. The summed E-state index contributed by atoms with van der Waals surface area (Å²) < 4.78 is 6.72. The van der Waals surface area contributed by atoms with Crippen LogP contribution < -0.4 is 10.9 Å². The summed E-state index contributed by atoms with van der Waals surface area (Å²) in [5.41, 5.74) is 1.85. The van der Waals surface area contributed by atoms with Gasteiger partial charge in [0.05, 0.1) is 11.2 Å². The molecular formula is C23H20N6O5. The molecule has 0 fully saturated rings. The van der Waals surface area contributed by atoms with Crippen LogP contribution in [0.15, 0.2) is 64.0 Å². The van der Waals surface area contributed by atoms with Gasteiger partial charge in [0.25, 0.3) is 11.2 Å². The predicted molar refractivity (Wildman–Crippen MR) is 125 cm³/mol. The largest absolute Gasteiger partial charge is 0.463 e. The van der Waals surface area contributed by atoms with Crippen LogP contribution >= 0.6 is 0 Å². The molecule has 0 unspecified atom stereocenters. The van der Waals surface area contributed by atoms with Crippen LogP contribution in [0, 0.1) is 17.0 Å². The Balaban J connectivity index is 1.65. The average Bonchev–Trinajstić information content (AvgIpc) is 3.48. The number of aromatic amines is 1. The summed E-state index contributed by atoms with van der Waals surface area (Å²) in [5.74, 6) is 0.401. The summed E-state index contributed by atoms with van der Waals surface area (Å²) in [6, 6.07) is 10.8. The lowest BCUT2D eigenvalue weighted by Crippen LogP contribution is -2.21. The van der Waals surface area contributed by atoms with Crippen LogP contribution in [-0.4, -0.2) is 30.6 Å². The van der Waals surface area contributed by atoms with Gasteiger partial charge >= 0.3 is 0 Å². The first-order chi connectivity index (χ1) is 16.4. The molecule has 0 aliphatic heterocycles. The molecule has 1 aromatic carbocycles. The first-order valence-corrected chi connectivity index (χ1v) is 10.3. The van der Waals surface area contributed by atoms with Gasteiger partial charge in [0.1, 0.15) is 11.5 Å². The fraction of sp³-hybridized carbons (Fsp3) is 0.130. The van der Waals surface area contributed by atoms with E-state index in [-0.39, 0.29) is 23.0 Å². The third-order valence-corrected chi connectivity index (χ3v) is 5.03. The average molecular weight is 460 g/mol. The van der Waals surface area contributed by atoms with E-state index in [0.717, 1.165) is 0 Å². The van der Waals surface area contributed by atoms with Crippen molar-refractivity contribution in [3.63, 3.8) is 0 Å². The van der Waals surface area contributed by atoms with Crippen LogP contribution in [0.3, 0.4) is 0 Å². The number of carbonyl (C=O) groups is 1. The van der Waals surface area contributed by atoms with Crippen LogP contribution in [0.4, 0.5) is 11.5 Å². The molecule has 0 atom stereocenters. The van der Waals surface area contributed by atoms with Crippen molar-refractivity contribution in [2.45, 2.75) is 20.3 Å². The molecule has 11 nitrogen and oxygen atoms in total. The summed E-state index contributed by atoms with van der Waals surface area (Å²) in [4.78, 5) is 42.5. The molecule has 11 heteroatoms.